The Balaban J connectivity index is 1.87. The van der Waals surface area contributed by atoms with E-state index in [-0.39, 0.29) is 26.8 Å². The predicted molar refractivity (Wildman–Crippen MR) is 98.8 cm³/mol. The molecule has 0 bridgehead atoms. The third-order valence-electron chi connectivity index (χ3n) is 3.65. The molecule has 1 aliphatic rings. The highest BCUT2D eigenvalue weighted by molar-refractivity contribution is 8.18. The fourth-order valence-electron chi connectivity index (χ4n) is 2.44. The molecule has 0 atom stereocenters. The quantitative estimate of drug-likeness (QED) is 0.405. The van der Waals surface area contributed by atoms with Crippen molar-refractivity contribution < 1.29 is 18.9 Å². The lowest BCUT2D eigenvalue weighted by atomic mass is 10.1. The number of hydrogen-bond donors (Lipinski definition) is 0. The van der Waals surface area contributed by atoms with E-state index in [1.807, 2.05) is 6.92 Å². The number of benzene rings is 1. The van der Waals surface area contributed by atoms with Gasteiger partial charge in [-0.1, -0.05) is 18.5 Å². The zero-order valence-electron chi connectivity index (χ0n) is 13.6. The molecule has 1 saturated heterocycles. The number of nitrogens with zero attached hydrogens (tertiary/aromatic N) is 2. The summed E-state index contributed by atoms with van der Waals surface area (Å²) < 4.78 is 5.65. The average molecular weight is 393 g/mol. The highest BCUT2D eigenvalue weighted by atomic mass is 35.5. The van der Waals surface area contributed by atoms with Crippen molar-refractivity contribution in [1.82, 2.24) is 4.90 Å². The zero-order chi connectivity index (χ0) is 18.8. The van der Waals surface area contributed by atoms with E-state index in [4.69, 9.17) is 16.0 Å². The lowest BCUT2D eigenvalue weighted by Crippen LogP contribution is -2.28. The Bertz CT molecular complexity index is 937. The van der Waals surface area contributed by atoms with Crippen molar-refractivity contribution in [2.24, 2.45) is 0 Å². The van der Waals surface area contributed by atoms with Crippen LogP contribution in [0.3, 0.4) is 0 Å². The summed E-state index contributed by atoms with van der Waals surface area (Å²) in [5.41, 5.74) is 0.266. The first-order valence-corrected chi connectivity index (χ1v) is 8.89. The Morgan fingerprint density at radius 3 is 2.77 bits per heavy atom. The highest BCUT2D eigenvalue weighted by Crippen LogP contribution is 2.34. The van der Waals surface area contributed by atoms with Crippen LogP contribution in [0, 0.1) is 10.1 Å². The van der Waals surface area contributed by atoms with E-state index in [1.54, 1.807) is 18.2 Å². The minimum atomic E-state index is -0.570. The van der Waals surface area contributed by atoms with Crippen molar-refractivity contribution in [2.45, 2.75) is 13.3 Å². The van der Waals surface area contributed by atoms with E-state index < -0.39 is 4.92 Å². The number of amides is 2. The minimum Gasteiger partial charge on any atom is -0.457 e. The van der Waals surface area contributed by atoms with Gasteiger partial charge in [0.1, 0.15) is 16.5 Å². The first-order valence-electron chi connectivity index (χ1n) is 7.70. The molecule has 0 unspecified atom stereocenters. The molecular weight excluding hydrogens is 380 g/mol. The largest absolute Gasteiger partial charge is 0.457 e. The second-order valence-electron chi connectivity index (χ2n) is 5.46. The maximum atomic E-state index is 12.2. The maximum Gasteiger partial charge on any atom is 0.293 e. The van der Waals surface area contributed by atoms with Gasteiger partial charge in [-0.15, -0.1) is 0 Å². The van der Waals surface area contributed by atoms with Crippen LogP contribution in [0.4, 0.5) is 10.5 Å². The van der Waals surface area contributed by atoms with Gasteiger partial charge in [0, 0.05) is 24.3 Å². The topological polar surface area (TPSA) is 93.7 Å². The summed E-state index contributed by atoms with van der Waals surface area (Å²) in [5, 5.41) is 10.7. The molecule has 0 aliphatic carbocycles. The molecular formula is C17H13ClN2O5S. The average Bonchev–Trinajstić information content (AvgIpc) is 3.16. The van der Waals surface area contributed by atoms with Crippen molar-refractivity contribution in [3.8, 4) is 11.3 Å². The summed E-state index contributed by atoms with van der Waals surface area (Å²) in [6, 6.07) is 7.61. The number of imide groups is 1. The zero-order valence-corrected chi connectivity index (χ0v) is 15.2. The van der Waals surface area contributed by atoms with Crippen molar-refractivity contribution in [3.05, 3.63) is 56.1 Å². The van der Waals surface area contributed by atoms with Gasteiger partial charge in [-0.05, 0) is 42.4 Å². The Morgan fingerprint density at radius 1 is 1.31 bits per heavy atom. The number of nitro groups is 1. The van der Waals surface area contributed by atoms with Gasteiger partial charge in [-0.25, -0.2) is 0 Å². The molecule has 9 heteroatoms. The van der Waals surface area contributed by atoms with E-state index in [9.17, 15) is 19.7 Å². The highest BCUT2D eigenvalue weighted by Gasteiger charge is 2.34. The van der Waals surface area contributed by atoms with E-state index in [2.05, 4.69) is 0 Å². The van der Waals surface area contributed by atoms with Crippen LogP contribution < -0.4 is 0 Å². The van der Waals surface area contributed by atoms with Gasteiger partial charge in [0.25, 0.3) is 16.8 Å². The molecule has 1 fully saturated rings. The van der Waals surface area contributed by atoms with Crippen molar-refractivity contribution in [1.29, 1.82) is 0 Å². The summed E-state index contributed by atoms with van der Waals surface area (Å²) in [6.07, 6.45) is 2.18. The summed E-state index contributed by atoms with van der Waals surface area (Å²) in [5.74, 6) is 0.422. The summed E-state index contributed by atoms with van der Waals surface area (Å²) in [7, 11) is 0. The SMILES string of the molecule is CCCN1C(=O)S/C(=C\c2ccc(-c3ccc(Cl)c([N+](=O)[O-])c3)o2)C1=O. The Morgan fingerprint density at radius 2 is 2.08 bits per heavy atom. The standard InChI is InChI=1S/C17H13ClN2O5S/c1-2-7-19-16(21)15(26-17(19)22)9-11-4-6-14(25-11)10-3-5-12(18)13(8-10)20(23)24/h3-6,8-9H,2,7H2,1H3/b15-9-. The lowest BCUT2D eigenvalue weighted by molar-refractivity contribution is -0.384. The van der Waals surface area contributed by atoms with Gasteiger partial charge in [-0.3, -0.25) is 24.6 Å². The number of nitro benzene ring substituents is 1. The molecule has 7 nitrogen and oxygen atoms in total. The van der Waals surface area contributed by atoms with E-state index in [1.165, 1.54) is 23.1 Å². The Hall–Kier alpha value is -2.58. The Labute approximate surface area is 157 Å². The third-order valence-corrected chi connectivity index (χ3v) is 4.88. The molecule has 0 saturated carbocycles. The van der Waals surface area contributed by atoms with Gasteiger partial charge < -0.3 is 4.42 Å². The second kappa shape index (κ2) is 7.35. The number of halogens is 1. The van der Waals surface area contributed by atoms with Crippen molar-refractivity contribution in [3.63, 3.8) is 0 Å². The van der Waals surface area contributed by atoms with Crippen LogP contribution in [-0.2, 0) is 4.79 Å². The first kappa shape index (κ1) is 18.2. The number of hydrogen-bond acceptors (Lipinski definition) is 6. The smallest absolute Gasteiger partial charge is 0.293 e. The predicted octanol–water partition coefficient (Wildman–Crippen LogP) is 4.95. The first-order chi connectivity index (χ1) is 12.4. The van der Waals surface area contributed by atoms with Gasteiger partial charge in [0.15, 0.2) is 0 Å². The van der Waals surface area contributed by atoms with Crippen LogP contribution in [0.5, 0.6) is 0 Å². The molecule has 134 valence electrons. The summed E-state index contributed by atoms with van der Waals surface area (Å²) >= 11 is 6.67. The van der Waals surface area contributed by atoms with E-state index >= 15 is 0 Å². The van der Waals surface area contributed by atoms with Gasteiger partial charge in [-0.2, -0.15) is 0 Å². The molecule has 0 N–H and O–H groups in total. The van der Waals surface area contributed by atoms with Gasteiger partial charge in [0.2, 0.25) is 0 Å². The number of thioether (sulfide) groups is 1. The number of rotatable bonds is 5. The molecule has 2 amide bonds. The molecule has 1 aromatic carbocycles. The number of carbonyl (C=O) groups excluding carboxylic acids is 2. The van der Waals surface area contributed by atoms with Crippen LogP contribution in [0.15, 0.2) is 39.7 Å². The Kier molecular flexibility index (Phi) is 5.15. The molecule has 1 aromatic heterocycles. The van der Waals surface area contributed by atoms with Crippen LogP contribution >= 0.6 is 23.4 Å². The fourth-order valence-corrected chi connectivity index (χ4v) is 3.47. The molecule has 0 radical (unpaired) electrons. The number of furan rings is 1. The van der Waals surface area contributed by atoms with Crippen LogP contribution in [-0.4, -0.2) is 27.5 Å². The molecule has 1 aliphatic heterocycles. The monoisotopic (exact) mass is 392 g/mol. The molecule has 2 aromatic rings. The number of carbonyl (C=O) groups is 2. The molecule has 3 rings (SSSR count). The lowest BCUT2D eigenvalue weighted by Gasteiger charge is -2.09. The van der Waals surface area contributed by atoms with Gasteiger partial charge in [0.05, 0.1) is 9.83 Å². The van der Waals surface area contributed by atoms with Crippen LogP contribution in [0.1, 0.15) is 19.1 Å². The molecule has 2 heterocycles. The van der Waals surface area contributed by atoms with E-state index in [0.717, 1.165) is 11.8 Å². The van der Waals surface area contributed by atoms with Crippen molar-refractivity contribution >= 4 is 46.3 Å². The van der Waals surface area contributed by atoms with Crippen LogP contribution in [0.25, 0.3) is 17.4 Å². The van der Waals surface area contributed by atoms with Crippen LogP contribution in [0.2, 0.25) is 5.02 Å². The third kappa shape index (κ3) is 3.51. The second-order valence-corrected chi connectivity index (χ2v) is 6.86. The van der Waals surface area contributed by atoms with Crippen molar-refractivity contribution in [2.75, 3.05) is 6.54 Å². The maximum absolute atomic E-state index is 12.2. The molecule has 26 heavy (non-hydrogen) atoms. The van der Waals surface area contributed by atoms with Gasteiger partial charge >= 0.3 is 0 Å². The normalized spacial score (nSPS) is 15.9. The minimum absolute atomic E-state index is 0.0372. The molecule has 0 spiro atoms. The van der Waals surface area contributed by atoms with E-state index in [0.29, 0.717) is 30.0 Å². The fraction of sp³-hybridized carbons (Fsp3) is 0.176. The summed E-state index contributed by atoms with van der Waals surface area (Å²) in [6.45, 7) is 2.26. The summed E-state index contributed by atoms with van der Waals surface area (Å²) in [4.78, 5) is 36.0.